The number of nitrogens with zero attached hydrogens (tertiary/aromatic N) is 2. The molecular formula is C15H15N3O3. The summed E-state index contributed by atoms with van der Waals surface area (Å²) < 4.78 is 0. The van der Waals surface area contributed by atoms with E-state index in [1.54, 1.807) is 24.3 Å². The van der Waals surface area contributed by atoms with Crippen molar-refractivity contribution in [3.8, 4) is 0 Å². The monoisotopic (exact) mass is 285 g/mol. The molecule has 21 heavy (non-hydrogen) atoms. The molecule has 108 valence electrons. The fraction of sp³-hybridized carbons (Fsp3) is 0.133. The van der Waals surface area contributed by atoms with E-state index >= 15 is 0 Å². The fourth-order valence-corrected chi connectivity index (χ4v) is 2.13. The number of para-hydroxylation sites is 2. The maximum absolute atomic E-state index is 12.6. The summed E-state index contributed by atoms with van der Waals surface area (Å²) in [6.07, 6.45) is 0. The van der Waals surface area contributed by atoms with Gasteiger partial charge in [-0.25, -0.2) is 0 Å². The topological polar surface area (TPSA) is 89.5 Å². The third kappa shape index (κ3) is 2.84. The highest BCUT2D eigenvalue weighted by Gasteiger charge is 2.26. The molecular weight excluding hydrogens is 270 g/mol. The van der Waals surface area contributed by atoms with Gasteiger partial charge < -0.3 is 10.6 Å². The number of hydrogen-bond donors (Lipinski definition) is 1. The number of rotatable bonds is 4. The van der Waals surface area contributed by atoms with Gasteiger partial charge in [-0.05, 0) is 31.2 Å². The highest BCUT2D eigenvalue weighted by atomic mass is 16.6. The van der Waals surface area contributed by atoms with Gasteiger partial charge in [0.05, 0.1) is 4.92 Å². The van der Waals surface area contributed by atoms with E-state index in [0.29, 0.717) is 12.2 Å². The van der Waals surface area contributed by atoms with E-state index in [0.717, 1.165) is 0 Å². The van der Waals surface area contributed by atoms with Crippen LogP contribution in [0.4, 0.5) is 17.1 Å². The van der Waals surface area contributed by atoms with Crippen LogP contribution in [0.25, 0.3) is 0 Å². The number of benzene rings is 2. The SMILES string of the molecule is CCN(C(=O)c1cccc(N)c1[N+](=O)[O-])c1ccccc1. The van der Waals surface area contributed by atoms with E-state index in [4.69, 9.17) is 5.73 Å². The maximum atomic E-state index is 12.6. The number of anilines is 2. The summed E-state index contributed by atoms with van der Waals surface area (Å²) in [6.45, 7) is 2.21. The Balaban J connectivity index is 2.49. The number of carbonyl (C=O) groups is 1. The second-order valence-electron chi connectivity index (χ2n) is 4.39. The summed E-state index contributed by atoms with van der Waals surface area (Å²) >= 11 is 0. The van der Waals surface area contributed by atoms with Crippen LogP contribution in [0.3, 0.4) is 0 Å². The minimum atomic E-state index is -0.624. The van der Waals surface area contributed by atoms with Gasteiger partial charge in [-0.1, -0.05) is 24.3 Å². The Hall–Kier alpha value is -2.89. The van der Waals surface area contributed by atoms with E-state index in [1.807, 2.05) is 13.0 Å². The van der Waals surface area contributed by atoms with Crippen LogP contribution in [0.2, 0.25) is 0 Å². The lowest BCUT2D eigenvalue weighted by atomic mass is 10.1. The molecule has 2 rings (SSSR count). The zero-order valence-corrected chi connectivity index (χ0v) is 11.5. The summed E-state index contributed by atoms with van der Waals surface area (Å²) in [5.74, 6) is -0.442. The molecule has 0 spiro atoms. The zero-order chi connectivity index (χ0) is 15.4. The fourth-order valence-electron chi connectivity index (χ4n) is 2.13. The number of carbonyl (C=O) groups excluding carboxylic acids is 1. The zero-order valence-electron chi connectivity index (χ0n) is 11.5. The molecule has 0 aromatic heterocycles. The second kappa shape index (κ2) is 6.04. The average molecular weight is 285 g/mol. The largest absolute Gasteiger partial charge is 0.393 e. The second-order valence-corrected chi connectivity index (χ2v) is 4.39. The van der Waals surface area contributed by atoms with Crippen LogP contribution in [-0.2, 0) is 0 Å². The Labute approximate surface area is 121 Å². The summed E-state index contributed by atoms with van der Waals surface area (Å²) in [6, 6.07) is 13.4. The number of amides is 1. The smallest absolute Gasteiger partial charge is 0.304 e. The number of hydrogen-bond acceptors (Lipinski definition) is 4. The van der Waals surface area contributed by atoms with Crippen LogP contribution in [0, 0.1) is 10.1 Å². The van der Waals surface area contributed by atoms with Crippen molar-refractivity contribution in [1.29, 1.82) is 0 Å². The molecule has 0 aliphatic heterocycles. The van der Waals surface area contributed by atoms with E-state index in [9.17, 15) is 14.9 Å². The van der Waals surface area contributed by atoms with E-state index in [-0.39, 0.29) is 16.9 Å². The van der Waals surface area contributed by atoms with Gasteiger partial charge in [-0.2, -0.15) is 0 Å². The van der Waals surface area contributed by atoms with Crippen molar-refractivity contribution in [3.63, 3.8) is 0 Å². The lowest BCUT2D eigenvalue weighted by Gasteiger charge is -2.21. The first-order chi connectivity index (χ1) is 10.1. The molecule has 6 heteroatoms. The Bertz CT molecular complexity index is 671. The van der Waals surface area contributed by atoms with Crippen LogP contribution in [0.1, 0.15) is 17.3 Å². The lowest BCUT2D eigenvalue weighted by molar-refractivity contribution is -0.384. The first kappa shape index (κ1) is 14.5. The Morgan fingerprint density at radius 3 is 2.43 bits per heavy atom. The quantitative estimate of drug-likeness (QED) is 0.531. The molecule has 0 aliphatic carbocycles. The Morgan fingerprint density at radius 2 is 1.86 bits per heavy atom. The normalized spacial score (nSPS) is 10.1. The number of nitrogens with two attached hydrogens (primary N) is 1. The van der Waals surface area contributed by atoms with Gasteiger partial charge in [0, 0.05) is 12.2 Å². The molecule has 2 aromatic carbocycles. The predicted molar refractivity (Wildman–Crippen MR) is 81.3 cm³/mol. The Kier molecular flexibility index (Phi) is 4.18. The molecule has 1 amide bonds. The van der Waals surface area contributed by atoms with Crippen molar-refractivity contribution in [2.75, 3.05) is 17.2 Å². The maximum Gasteiger partial charge on any atom is 0.304 e. The van der Waals surface area contributed by atoms with Crippen molar-refractivity contribution in [3.05, 3.63) is 64.2 Å². The van der Waals surface area contributed by atoms with Crippen molar-refractivity contribution >= 4 is 23.0 Å². The van der Waals surface area contributed by atoms with Crippen LogP contribution >= 0.6 is 0 Å². The average Bonchev–Trinajstić information content (AvgIpc) is 2.48. The summed E-state index contributed by atoms with van der Waals surface area (Å²) in [7, 11) is 0. The van der Waals surface area contributed by atoms with Gasteiger partial charge in [0.25, 0.3) is 5.91 Å². The van der Waals surface area contributed by atoms with Gasteiger partial charge in [0.1, 0.15) is 11.3 Å². The third-order valence-electron chi connectivity index (χ3n) is 3.11. The minimum Gasteiger partial charge on any atom is -0.393 e. The molecule has 6 nitrogen and oxygen atoms in total. The molecule has 2 aromatic rings. The molecule has 0 unspecified atom stereocenters. The summed E-state index contributed by atoms with van der Waals surface area (Å²) in [4.78, 5) is 24.6. The number of nitro benzene ring substituents is 1. The molecule has 2 N–H and O–H groups in total. The highest BCUT2D eigenvalue weighted by molar-refractivity contribution is 6.09. The van der Waals surface area contributed by atoms with Crippen molar-refractivity contribution < 1.29 is 9.72 Å². The molecule has 0 radical (unpaired) electrons. The van der Waals surface area contributed by atoms with Crippen LogP contribution in [-0.4, -0.2) is 17.4 Å². The first-order valence-corrected chi connectivity index (χ1v) is 6.46. The van der Waals surface area contributed by atoms with Crippen molar-refractivity contribution in [1.82, 2.24) is 0 Å². The molecule has 0 bridgehead atoms. The molecule has 0 heterocycles. The number of nitro groups is 1. The minimum absolute atomic E-state index is 0.00861. The molecule has 0 atom stereocenters. The van der Waals surface area contributed by atoms with Gasteiger partial charge in [0.15, 0.2) is 0 Å². The number of nitrogen functional groups attached to an aromatic ring is 1. The van der Waals surface area contributed by atoms with E-state index in [2.05, 4.69) is 0 Å². The lowest BCUT2D eigenvalue weighted by Crippen LogP contribution is -2.31. The standard InChI is InChI=1S/C15H15N3O3/c1-2-17(11-7-4-3-5-8-11)15(19)12-9-6-10-13(16)14(12)18(20)21/h3-10H,2,16H2,1H3. The van der Waals surface area contributed by atoms with Gasteiger partial charge in [0.2, 0.25) is 0 Å². The predicted octanol–water partition coefficient (Wildman–Crippen LogP) is 2.84. The van der Waals surface area contributed by atoms with E-state index in [1.165, 1.54) is 23.1 Å². The van der Waals surface area contributed by atoms with Crippen LogP contribution in [0.15, 0.2) is 48.5 Å². The first-order valence-electron chi connectivity index (χ1n) is 6.46. The highest BCUT2D eigenvalue weighted by Crippen LogP contribution is 2.28. The van der Waals surface area contributed by atoms with Gasteiger partial charge in [-0.15, -0.1) is 0 Å². The van der Waals surface area contributed by atoms with E-state index < -0.39 is 10.8 Å². The molecule has 0 aliphatic rings. The third-order valence-corrected chi connectivity index (χ3v) is 3.11. The summed E-state index contributed by atoms with van der Waals surface area (Å²) in [5.41, 5.74) is 5.93. The van der Waals surface area contributed by atoms with Crippen LogP contribution in [0.5, 0.6) is 0 Å². The van der Waals surface area contributed by atoms with Crippen molar-refractivity contribution in [2.45, 2.75) is 6.92 Å². The molecule has 0 saturated heterocycles. The molecule has 0 fully saturated rings. The van der Waals surface area contributed by atoms with Crippen molar-refractivity contribution in [2.24, 2.45) is 0 Å². The van der Waals surface area contributed by atoms with Gasteiger partial charge in [-0.3, -0.25) is 14.9 Å². The van der Waals surface area contributed by atoms with Crippen LogP contribution < -0.4 is 10.6 Å². The summed E-state index contributed by atoms with van der Waals surface area (Å²) in [5, 5.41) is 11.1. The Morgan fingerprint density at radius 1 is 1.19 bits per heavy atom. The molecule has 0 saturated carbocycles. The van der Waals surface area contributed by atoms with Gasteiger partial charge >= 0.3 is 5.69 Å².